The highest BCUT2D eigenvalue weighted by molar-refractivity contribution is 5.67. The van der Waals surface area contributed by atoms with Gasteiger partial charge in [0.15, 0.2) is 0 Å². The molecule has 5 heteroatoms. The summed E-state index contributed by atoms with van der Waals surface area (Å²) in [5.41, 5.74) is 1.71. The highest BCUT2D eigenvalue weighted by Gasteiger charge is 2.42. The van der Waals surface area contributed by atoms with Gasteiger partial charge in [-0.2, -0.15) is 0 Å². The Kier molecular flexibility index (Phi) is 4.78. The first-order valence-corrected chi connectivity index (χ1v) is 7.74. The molecule has 1 saturated carbocycles. The van der Waals surface area contributed by atoms with Crippen molar-refractivity contribution < 1.29 is 24.4 Å². The molecule has 1 heterocycles. The lowest BCUT2D eigenvalue weighted by molar-refractivity contribution is -0.475. The first kappa shape index (κ1) is 15.5. The van der Waals surface area contributed by atoms with E-state index >= 15 is 0 Å². The molecule has 1 unspecified atom stereocenters. The number of hydrogen-bond acceptors (Lipinski definition) is 5. The molecule has 3 rings (SSSR count). The molecular weight excluding hydrogens is 284 g/mol. The predicted molar refractivity (Wildman–Crippen MR) is 81.2 cm³/mol. The van der Waals surface area contributed by atoms with Crippen molar-refractivity contribution in [3.05, 3.63) is 36.4 Å². The lowest BCUT2D eigenvalue weighted by Crippen LogP contribution is -2.43. The van der Waals surface area contributed by atoms with E-state index in [0.29, 0.717) is 12.4 Å². The average Bonchev–Trinajstić information content (AvgIpc) is 3.01. The summed E-state index contributed by atoms with van der Waals surface area (Å²) in [6.45, 7) is 4.80. The van der Waals surface area contributed by atoms with Crippen LogP contribution in [-0.2, 0) is 14.5 Å². The molecule has 1 N–H and O–H groups in total. The van der Waals surface area contributed by atoms with Crippen molar-refractivity contribution in [3.8, 4) is 5.75 Å². The van der Waals surface area contributed by atoms with Crippen LogP contribution in [0.25, 0.3) is 5.57 Å². The Balaban J connectivity index is 1.62. The summed E-state index contributed by atoms with van der Waals surface area (Å²) in [5, 5.41) is 8.82. The molecule has 1 atom stereocenters. The van der Waals surface area contributed by atoms with E-state index in [-0.39, 0.29) is 19.3 Å². The van der Waals surface area contributed by atoms with Gasteiger partial charge < -0.3 is 14.6 Å². The second kappa shape index (κ2) is 6.79. The SMILES string of the molecule is C=C(c1cccc(OCCO)c1)C1COC2(CCCC2)OO1. The van der Waals surface area contributed by atoms with Gasteiger partial charge in [0, 0.05) is 12.8 Å². The van der Waals surface area contributed by atoms with Crippen LogP contribution in [0.1, 0.15) is 31.2 Å². The minimum Gasteiger partial charge on any atom is -0.491 e. The summed E-state index contributed by atoms with van der Waals surface area (Å²) in [6, 6.07) is 7.55. The summed E-state index contributed by atoms with van der Waals surface area (Å²) >= 11 is 0. The lowest BCUT2D eigenvalue weighted by atomic mass is 10.0. The predicted octanol–water partition coefficient (Wildman–Crippen LogP) is 2.69. The number of aliphatic hydroxyl groups excluding tert-OH is 1. The topological polar surface area (TPSA) is 57.2 Å². The van der Waals surface area contributed by atoms with Gasteiger partial charge in [0.2, 0.25) is 5.79 Å². The largest absolute Gasteiger partial charge is 0.491 e. The zero-order valence-corrected chi connectivity index (χ0v) is 12.6. The van der Waals surface area contributed by atoms with E-state index in [1.165, 1.54) is 0 Å². The third kappa shape index (κ3) is 3.33. The minimum absolute atomic E-state index is 0.0132. The Morgan fingerprint density at radius 1 is 1.36 bits per heavy atom. The molecule has 0 amide bonds. The number of ether oxygens (including phenoxy) is 2. The minimum atomic E-state index is -0.539. The fourth-order valence-corrected chi connectivity index (χ4v) is 2.86. The second-order valence-corrected chi connectivity index (χ2v) is 5.72. The maximum atomic E-state index is 8.82. The third-order valence-electron chi connectivity index (χ3n) is 4.13. The van der Waals surface area contributed by atoms with Crippen molar-refractivity contribution in [1.29, 1.82) is 0 Å². The summed E-state index contributed by atoms with van der Waals surface area (Å²) in [7, 11) is 0. The number of rotatable bonds is 5. The Morgan fingerprint density at radius 3 is 2.86 bits per heavy atom. The first-order valence-electron chi connectivity index (χ1n) is 7.74. The number of hydrogen-bond donors (Lipinski definition) is 1. The molecule has 120 valence electrons. The van der Waals surface area contributed by atoms with Gasteiger partial charge in [-0.15, -0.1) is 0 Å². The summed E-state index contributed by atoms with van der Waals surface area (Å²) in [6.07, 6.45) is 3.67. The zero-order chi connectivity index (χ0) is 15.4. The molecule has 1 spiro atoms. The van der Waals surface area contributed by atoms with Gasteiger partial charge in [-0.25, -0.2) is 9.78 Å². The molecule has 22 heavy (non-hydrogen) atoms. The summed E-state index contributed by atoms with van der Waals surface area (Å²) in [4.78, 5) is 11.1. The molecule has 1 aliphatic carbocycles. The van der Waals surface area contributed by atoms with Crippen LogP contribution in [0.4, 0.5) is 0 Å². The average molecular weight is 306 g/mol. The van der Waals surface area contributed by atoms with Crippen LogP contribution in [0.3, 0.4) is 0 Å². The molecular formula is C17H22O5. The molecule has 1 aromatic carbocycles. The van der Waals surface area contributed by atoms with Crippen LogP contribution in [0.5, 0.6) is 5.75 Å². The van der Waals surface area contributed by atoms with Crippen LogP contribution in [0, 0.1) is 0 Å². The Bertz CT molecular complexity index is 512. The van der Waals surface area contributed by atoms with E-state index in [1.54, 1.807) is 0 Å². The molecule has 1 aliphatic heterocycles. The van der Waals surface area contributed by atoms with Crippen molar-refractivity contribution in [3.63, 3.8) is 0 Å². The van der Waals surface area contributed by atoms with E-state index in [9.17, 15) is 0 Å². The number of benzene rings is 1. The van der Waals surface area contributed by atoms with E-state index in [4.69, 9.17) is 24.4 Å². The van der Waals surface area contributed by atoms with Gasteiger partial charge in [0.05, 0.1) is 13.2 Å². The monoisotopic (exact) mass is 306 g/mol. The molecule has 5 nitrogen and oxygen atoms in total. The molecule has 1 saturated heterocycles. The van der Waals surface area contributed by atoms with Crippen LogP contribution in [0.2, 0.25) is 0 Å². The van der Waals surface area contributed by atoms with Gasteiger partial charge in [-0.05, 0) is 36.1 Å². The highest BCUT2D eigenvalue weighted by atomic mass is 17.2. The fraction of sp³-hybridized carbons (Fsp3) is 0.529. The zero-order valence-electron chi connectivity index (χ0n) is 12.6. The third-order valence-corrected chi connectivity index (χ3v) is 4.13. The molecule has 2 fully saturated rings. The van der Waals surface area contributed by atoms with Crippen molar-refractivity contribution in [2.75, 3.05) is 19.8 Å². The van der Waals surface area contributed by atoms with Crippen LogP contribution in [0.15, 0.2) is 30.8 Å². The molecule has 0 bridgehead atoms. The Morgan fingerprint density at radius 2 is 2.18 bits per heavy atom. The summed E-state index contributed by atoms with van der Waals surface area (Å²) in [5.74, 6) is 0.153. The highest BCUT2D eigenvalue weighted by Crippen LogP contribution is 2.39. The number of aliphatic hydroxyl groups is 1. The molecule has 0 aromatic heterocycles. The van der Waals surface area contributed by atoms with Gasteiger partial charge in [0.1, 0.15) is 18.5 Å². The van der Waals surface area contributed by atoms with E-state index in [1.807, 2.05) is 24.3 Å². The standard InChI is InChI=1S/C17H22O5/c1-13(14-5-4-6-15(11-14)19-10-9-18)16-12-20-17(22-21-16)7-2-3-8-17/h4-6,11,16,18H,1-3,7-10,12H2. The Hall–Kier alpha value is -1.40. The van der Waals surface area contributed by atoms with E-state index in [2.05, 4.69) is 6.58 Å². The van der Waals surface area contributed by atoms with Gasteiger partial charge in [-0.3, -0.25) is 0 Å². The quantitative estimate of drug-likeness (QED) is 0.848. The van der Waals surface area contributed by atoms with Gasteiger partial charge >= 0.3 is 0 Å². The molecule has 2 aliphatic rings. The second-order valence-electron chi connectivity index (χ2n) is 5.72. The normalized spacial score (nSPS) is 23.6. The van der Waals surface area contributed by atoms with Crippen LogP contribution >= 0.6 is 0 Å². The van der Waals surface area contributed by atoms with Crippen LogP contribution in [-0.4, -0.2) is 36.8 Å². The summed E-state index contributed by atoms with van der Waals surface area (Å²) < 4.78 is 11.3. The fourth-order valence-electron chi connectivity index (χ4n) is 2.86. The molecule has 0 radical (unpaired) electrons. The van der Waals surface area contributed by atoms with Gasteiger partial charge in [0.25, 0.3) is 0 Å². The van der Waals surface area contributed by atoms with Crippen molar-refractivity contribution in [1.82, 2.24) is 0 Å². The maximum Gasteiger partial charge on any atom is 0.201 e. The van der Waals surface area contributed by atoms with Crippen molar-refractivity contribution in [2.24, 2.45) is 0 Å². The van der Waals surface area contributed by atoms with Crippen molar-refractivity contribution in [2.45, 2.75) is 37.6 Å². The van der Waals surface area contributed by atoms with Crippen LogP contribution < -0.4 is 4.74 Å². The Labute approximate surface area is 130 Å². The lowest BCUT2D eigenvalue weighted by Gasteiger charge is -2.36. The van der Waals surface area contributed by atoms with Gasteiger partial charge in [-0.1, -0.05) is 18.7 Å². The van der Waals surface area contributed by atoms with E-state index in [0.717, 1.165) is 36.8 Å². The first-order chi connectivity index (χ1) is 10.7. The van der Waals surface area contributed by atoms with E-state index < -0.39 is 5.79 Å². The smallest absolute Gasteiger partial charge is 0.201 e. The maximum absolute atomic E-state index is 8.82. The molecule has 1 aromatic rings. The van der Waals surface area contributed by atoms with Crippen molar-refractivity contribution >= 4 is 5.57 Å².